The number of nitrogens with one attached hydrogen (secondary N) is 2. The van der Waals surface area contributed by atoms with Crippen molar-refractivity contribution in [3.8, 4) is 22.8 Å². The zero-order valence-electron chi connectivity index (χ0n) is 15.9. The molecule has 4 aromatic rings. The number of urea groups is 1. The highest BCUT2D eigenvalue weighted by Crippen LogP contribution is 2.30. The Bertz CT molecular complexity index is 1140. The number of carbonyl (C=O) groups excluding carboxylic acids is 1. The molecule has 0 aliphatic rings. The number of aromatic nitrogens is 3. The summed E-state index contributed by atoms with van der Waals surface area (Å²) in [7, 11) is 3.10. The summed E-state index contributed by atoms with van der Waals surface area (Å²) in [6.07, 6.45) is 5.48. The Morgan fingerprint density at radius 3 is 2.52 bits per heavy atom. The number of benzene rings is 2. The summed E-state index contributed by atoms with van der Waals surface area (Å²) >= 11 is 0. The average molecular weight is 389 g/mol. The number of ether oxygens (including phenoxy) is 2. The van der Waals surface area contributed by atoms with Crippen molar-refractivity contribution in [1.29, 1.82) is 0 Å². The van der Waals surface area contributed by atoms with Crippen LogP contribution in [0.5, 0.6) is 11.5 Å². The Labute approximate surface area is 167 Å². The van der Waals surface area contributed by atoms with Crippen LogP contribution in [0.25, 0.3) is 17.0 Å². The molecule has 8 nitrogen and oxygen atoms in total. The summed E-state index contributed by atoms with van der Waals surface area (Å²) < 4.78 is 12.3. The fourth-order valence-corrected chi connectivity index (χ4v) is 2.93. The summed E-state index contributed by atoms with van der Waals surface area (Å²) in [5.74, 6) is 1.74. The van der Waals surface area contributed by atoms with Crippen LogP contribution in [0.15, 0.2) is 67.1 Å². The molecular weight excluding hydrogens is 370 g/mol. The number of rotatable bonds is 5. The summed E-state index contributed by atoms with van der Waals surface area (Å²) in [5.41, 5.74) is 2.88. The average Bonchev–Trinajstić information content (AvgIpc) is 3.18. The van der Waals surface area contributed by atoms with Crippen molar-refractivity contribution < 1.29 is 14.3 Å². The van der Waals surface area contributed by atoms with E-state index < -0.39 is 0 Å². The molecule has 0 aliphatic heterocycles. The SMILES string of the molecule is COc1ccc(NC(=O)Nc2cccc(-c3cn4cccnc4n3)c2)cc1OC. The minimum atomic E-state index is -0.369. The number of fused-ring (bicyclic) bond motifs is 1. The van der Waals surface area contributed by atoms with Gasteiger partial charge >= 0.3 is 6.03 Å². The van der Waals surface area contributed by atoms with Crippen molar-refractivity contribution in [2.45, 2.75) is 0 Å². The monoisotopic (exact) mass is 389 g/mol. The molecule has 0 bridgehead atoms. The molecule has 2 heterocycles. The Morgan fingerprint density at radius 2 is 1.76 bits per heavy atom. The van der Waals surface area contributed by atoms with Crippen LogP contribution in [-0.4, -0.2) is 34.6 Å². The van der Waals surface area contributed by atoms with Crippen LogP contribution in [0.3, 0.4) is 0 Å². The Balaban J connectivity index is 1.49. The first-order chi connectivity index (χ1) is 14.2. The highest BCUT2D eigenvalue weighted by Gasteiger charge is 2.09. The predicted molar refractivity (Wildman–Crippen MR) is 111 cm³/mol. The van der Waals surface area contributed by atoms with Crippen molar-refractivity contribution in [2.24, 2.45) is 0 Å². The summed E-state index contributed by atoms with van der Waals surface area (Å²) in [6, 6.07) is 14.1. The molecule has 29 heavy (non-hydrogen) atoms. The highest BCUT2D eigenvalue weighted by atomic mass is 16.5. The Kier molecular flexibility index (Phi) is 4.98. The van der Waals surface area contributed by atoms with Gasteiger partial charge in [0.2, 0.25) is 5.78 Å². The standard InChI is InChI=1S/C21H19N5O3/c1-28-18-8-7-16(12-19(18)29-2)24-21(27)23-15-6-3-5-14(11-15)17-13-26-10-4-9-22-20(26)25-17/h3-13H,1-2H3,(H2,23,24,27). The number of anilines is 2. The third-order valence-electron chi connectivity index (χ3n) is 4.29. The van der Waals surface area contributed by atoms with Crippen LogP contribution in [-0.2, 0) is 0 Å². The minimum absolute atomic E-state index is 0.369. The number of carbonyl (C=O) groups is 1. The Morgan fingerprint density at radius 1 is 0.966 bits per heavy atom. The van der Waals surface area contributed by atoms with Crippen LogP contribution in [0.2, 0.25) is 0 Å². The molecule has 0 saturated carbocycles. The first-order valence-corrected chi connectivity index (χ1v) is 8.86. The lowest BCUT2D eigenvalue weighted by atomic mass is 10.1. The van der Waals surface area contributed by atoms with Gasteiger partial charge in [0, 0.05) is 41.6 Å². The maximum atomic E-state index is 12.4. The molecule has 0 atom stereocenters. The van der Waals surface area contributed by atoms with E-state index in [9.17, 15) is 4.79 Å². The quantitative estimate of drug-likeness (QED) is 0.537. The Hall–Kier alpha value is -4.07. The molecule has 0 unspecified atom stereocenters. The topological polar surface area (TPSA) is 89.8 Å². The van der Waals surface area contributed by atoms with Gasteiger partial charge in [-0.15, -0.1) is 0 Å². The van der Waals surface area contributed by atoms with Crippen LogP contribution < -0.4 is 20.1 Å². The van der Waals surface area contributed by atoms with Gasteiger partial charge in [-0.05, 0) is 30.3 Å². The van der Waals surface area contributed by atoms with Crippen LogP contribution in [0.1, 0.15) is 0 Å². The molecule has 0 fully saturated rings. The number of hydrogen-bond donors (Lipinski definition) is 2. The second-order valence-corrected chi connectivity index (χ2v) is 6.18. The van der Waals surface area contributed by atoms with Gasteiger partial charge in [-0.25, -0.2) is 14.8 Å². The number of imidazole rings is 1. The van der Waals surface area contributed by atoms with Crippen LogP contribution in [0.4, 0.5) is 16.2 Å². The first-order valence-electron chi connectivity index (χ1n) is 8.86. The summed E-state index contributed by atoms with van der Waals surface area (Å²) in [4.78, 5) is 21.1. The molecule has 146 valence electrons. The van der Waals surface area contributed by atoms with Gasteiger partial charge in [0.1, 0.15) is 0 Å². The van der Waals surface area contributed by atoms with E-state index in [0.29, 0.717) is 28.7 Å². The van der Waals surface area contributed by atoms with Crippen molar-refractivity contribution >= 4 is 23.2 Å². The lowest BCUT2D eigenvalue weighted by molar-refractivity contribution is 0.262. The maximum Gasteiger partial charge on any atom is 0.323 e. The zero-order valence-corrected chi connectivity index (χ0v) is 15.9. The molecule has 8 heteroatoms. The van der Waals surface area contributed by atoms with Gasteiger partial charge in [-0.3, -0.25) is 4.40 Å². The molecule has 2 N–H and O–H groups in total. The van der Waals surface area contributed by atoms with E-state index in [0.717, 1.165) is 11.3 Å². The smallest absolute Gasteiger partial charge is 0.323 e. The van der Waals surface area contributed by atoms with Gasteiger partial charge < -0.3 is 20.1 Å². The van der Waals surface area contributed by atoms with E-state index in [1.165, 1.54) is 0 Å². The van der Waals surface area contributed by atoms with Crippen molar-refractivity contribution in [1.82, 2.24) is 14.4 Å². The molecule has 0 aliphatic carbocycles. The van der Waals surface area contributed by atoms with Crippen molar-refractivity contribution in [3.05, 3.63) is 67.1 Å². The largest absolute Gasteiger partial charge is 0.493 e. The number of methoxy groups -OCH3 is 2. The fraction of sp³-hybridized carbons (Fsp3) is 0.0952. The van der Waals surface area contributed by atoms with E-state index in [4.69, 9.17) is 9.47 Å². The van der Waals surface area contributed by atoms with Crippen LogP contribution in [0, 0.1) is 0 Å². The third-order valence-corrected chi connectivity index (χ3v) is 4.29. The second kappa shape index (κ2) is 7.89. The zero-order chi connectivity index (χ0) is 20.2. The predicted octanol–water partition coefficient (Wildman–Crippen LogP) is 4.06. The molecule has 0 radical (unpaired) electrons. The van der Waals surface area contributed by atoms with Crippen molar-refractivity contribution in [2.75, 3.05) is 24.9 Å². The van der Waals surface area contributed by atoms with E-state index in [2.05, 4.69) is 20.6 Å². The molecule has 0 saturated heterocycles. The van der Waals surface area contributed by atoms with Gasteiger partial charge in [-0.2, -0.15) is 0 Å². The molecule has 0 spiro atoms. The second-order valence-electron chi connectivity index (χ2n) is 6.18. The molecule has 2 aromatic heterocycles. The molecule has 2 amide bonds. The summed E-state index contributed by atoms with van der Waals surface area (Å²) in [5, 5.41) is 5.61. The van der Waals surface area contributed by atoms with E-state index in [1.54, 1.807) is 38.6 Å². The summed E-state index contributed by atoms with van der Waals surface area (Å²) in [6.45, 7) is 0. The van der Waals surface area contributed by atoms with Gasteiger partial charge in [0.05, 0.1) is 19.9 Å². The third kappa shape index (κ3) is 3.96. The number of nitrogens with zero attached hydrogens (tertiary/aromatic N) is 3. The highest BCUT2D eigenvalue weighted by molar-refractivity contribution is 6.00. The van der Waals surface area contributed by atoms with Gasteiger partial charge in [0.25, 0.3) is 0 Å². The minimum Gasteiger partial charge on any atom is -0.493 e. The first kappa shape index (κ1) is 18.3. The fourth-order valence-electron chi connectivity index (χ4n) is 2.93. The van der Waals surface area contributed by atoms with E-state index in [1.807, 2.05) is 47.1 Å². The molecular formula is C21H19N5O3. The lowest BCUT2D eigenvalue weighted by Gasteiger charge is -2.11. The molecule has 2 aromatic carbocycles. The van der Waals surface area contributed by atoms with E-state index >= 15 is 0 Å². The van der Waals surface area contributed by atoms with Crippen LogP contribution >= 0.6 is 0 Å². The molecule has 4 rings (SSSR count). The van der Waals surface area contributed by atoms with Crippen molar-refractivity contribution in [3.63, 3.8) is 0 Å². The lowest BCUT2D eigenvalue weighted by Crippen LogP contribution is -2.19. The van der Waals surface area contributed by atoms with E-state index in [-0.39, 0.29) is 6.03 Å². The van der Waals surface area contributed by atoms with Gasteiger partial charge in [0.15, 0.2) is 11.5 Å². The van der Waals surface area contributed by atoms with Gasteiger partial charge in [-0.1, -0.05) is 12.1 Å². The normalized spacial score (nSPS) is 10.6. The number of hydrogen-bond acceptors (Lipinski definition) is 5. The number of amides is 2. The maximum absolute atomic E-state index is 12.4.